The molecule has 1 aromatic heterocycles. The lowest BCUT2D eigenvalue weighted by atomic mass is 10.2. The normalized spacial score (nSPS) is 14.1. The van der Waals surface area contributed by atoms with E-state index in [1.165, 1.54) is 0 Å². The number of hydrogen-bond donors (Lipinski definition) is 1. The van der Waals surface area contributed by atoms with Gasteiger partial charge in [-0.15, -0.1) is 0 Å². The van der Waals surface area contributed by atoms with Crippen LogP contribution in [0, 0.1) is 11.6 Å². The first-order valence-corrected chi connectivity index (χ1v) is 9.21. The van der Waals surface area contributed by atoms with Gasteiger partial charge >= 0.3 is 0 Å². The highest BCUT2D eigenvalue weighted by Gasteiger charge is 2.21. The predicted octanol–water partition coefficient (Wildman–Crippen LogP) is 2.22. The Morgan fingerprint density at radius 1 is 1.07 bits per heavy atom. The number of carbonyl (C=O) groups excluding carboxylic acids is 2. The summed E-state index contributed by atoms with van der Waals surface area (Å²) in [6.45, 7) is 2.95. The van der Waals surface area contributed by atoms with Crippen molar-refractivity contribution in [2.24, 2.45) is 0 Å². The highest BCUT2D eigenvalue weighted by molar-refractivity contribution is 5.94. The van der Waals surface area contributed by atoms with Crippen molar-refractivity contribution in [1.29, 1.82) is 0 Å². The lowest BCUT2D eigenvalue weighted by Crippen LogP contribution is -2.49. The first-order valence-electron chi connectivity index (χ1n) is 9.21. The molecule has 8 heteroatoms. The van der Waals surface area contributed by atoms with Crippen LogP contribution in [0.25, 0.3) is 0 Å². The Kier molecular flexibility index (Phi) is 6.52. The predicted molar refractivity (Wildman–Crippen MR) is 101 cm³/mol. The molecule has 0 saturated carbocycles. The van der Waals surface area contributed by atoms with Gasteiger partial charge in [0.25, 0.3) is 5.91 Å². The van der Waals surface area contributed by atoms with Gasteiger partial charge < -0.3 is 15.1 Å². The Morgan fingerprint density at radius 2 is 1.86 bits per heavy atom. The molecule has 28 heavy (non-hydrogen) atoms. The number of carbonyl (C=O) groups is 2. The minimum atomic E-state index is -0.903. The molecule has 1 saturated heterocycles. The van der Waals surface area contributed by atoms with Gasteiger partial charge in [0.05, 0.1) is 5.56 Å². The van der Waals surface area contributed by atoms with Crippen LogP contribution in [-0.2, 0) is 4.79 Å². The number of nitrogens with zero attached hydrogens (tertiary/aromatic N) is 3. The van der Waals surface area contributed by atoms with Gasteiger partial charge in [0.2, 0.25) is 5.91 Å². The average molecular weight is 388 g/mol. The highest BCUT2D eigenvalue weighted by atomic mass is 19.1. The smallest absolute Gasteiger partial charge is 0.254 e. The third-order valence-electron chi connectivity index (χ3n) is 4.63. The first-order chi connectivity index (χ1) is 13.5. The minimum absolute atomic E-state index is 0.0304. The maximum atomic E-state index is 13.6. The molecule has 2 heterocycles. The van der Waals surface area contributed by atoms with Crippen molar-refractivity contribution in [3.63, 3.8) is 0 Å². The Labute approximate surface area is 162 Å². The van der Waals surface area contributed by atoms with Crippen molar-refractivity contribution in [3.8, 4) is 0 Å². The summed E-state index contributed by atoms with van der Waals surface area (Å²) in [5, 5.41) is 2.56. The molecule has 0 atom stereocenters. The van der Waals surface area contributed by atoms with Crippen molar-refractivity contribution in [2.45, 2.75) is 12.8 Å². The summed E-state index contributed by atoms with van der Waals surface area (Å²) in [5.74, 6) is -1.32. The van der Waals surface area contributed by atoms with E-state index in [0.29, 0.717) is 32.0 Å². The number of nitrogens with one attached hydrogen (secondary N) is 1. The lowest BCUT2D eigenvalue weighted by molar-refractivity contribution is -0.131. The second kappa shape index (κ2) is 9.25. The number of pyridine rings is 1. The van der Waals surface area contributed by atoms with Gasteiger partial charge in [-0.2, -0.15) is 0 Å². The molecule has 0 spiro atoms. The molecular formula is C20H22F2N4O2. The SMILES string of the molecule is O=C(NCCCC(=O)N1CCN(c2ccccn2)CC1)c1ccc(F)cc1F. The lowest BCUT2D eigenvalue weighted by Gasteiger charge is -2.35. The Balaban J connectivity index is 1.37. The number of piperazine rings is 1. The van der Waals surface area contributed by atoms with E-state index < -0.39 is 17.5 Å². The molecular weight excluding hydrogens is 366 g/mol. The molecule has 148 valence electrons. The Hall–Kier alpha value is -3.03. The van der Waals surface area contributed by atoms with Crippen LogP contribution in [0.3, 0.4) is 0 Å². The Morgan fingerprint density at radius 3 is 2.54 bits per heavy atom. The van der Waals surface area contributed by atoms with Crippen molar-refractivity contribution < 1.29 is 18.4 Å². The van der Waals surface area contributed by atoms with E-state index in [2.05, 4.69) is 15.2 Å². The van der Waals surface area contributed by atoms with Gasteiger partial charge in [-0.3, -0.25) is 9.59 Å². The van der Waals surface area contributed by atoms with Gasteiger partial charge in [0.15, 0.2) is 0 Å². The minimum Gasteiger partial charge on any atom is -0.353 e. The van der Waals surface area contributed by atoms with Crippen LogP contribution in [0.4, 0.5) is 14.6 Å². The molecule has 2 amide bonds. The van der Waals surface area contributed by atoms with E-state index in [4.69, 9.17) is 0 Å². The van der Waals surface area contributed by atoms with E-state index in [1.807, 2.05) is 18.2 Å². The summed E-state index contributed by atoms with van der Waals surface area (Å²) in [6.07, 6.45) is 2.50. The average Bonchev–Trinajstić information content (AvgIpc) is 2.71. The fourth-order valence-corrected chi connectivity index (χ4v) is 3.09. The number of halogens is 2. The zero-order valence-electron chi connectivity index (χ0n) is 15.4. The molecule has 1 aromatic carbocycles. The van der Waals surface area contributed by atoms with Crippen LogP contribution < -0.4 is 10.2 Å². The van der Waals surface area contributed by atoms with Crippen LogP contribution >= 0.6 is 0 Å². The standard InChI is InChI=1S/C20H22F2N4O2/c21-15-6-7-16(17(22)14-15)20(28)24-9-3-5-19(27)26-12-10-25(11-13-26)18-4-1-2-8-23-18/h1-2,4,6-8,14H,3,5,9-13H2,(H,24,28). The zero-order chi connectivity index (χ0) is 19.9. The van der Waals surface area contributed by atoms with E-state index in [1.54, 1.807) is 11.1 Å². The second-order valence-corrected chi connectivity index (χ2v) is 6.54. The molecule has 1 aliphatic rings. The maximum Gasteiger partial charge on any atom is 0.254 e. The van der Waals surface area contributed by atoms with E-state index in [-0.39, 0.29) is 18.0 Å². The topological polar surface area (TPSA) is 65.5 Å². The van der Waals surface area contributed by atoms with E-state index in [9.17, 15) is 18.4 Å². The fraction of sp³-hybridized carbons (Fsp3) is 0.350. The van der Waals surface area contributed by atoms with Crippen LogP contribution in [0.15, 0.2) is 42.6 Å². The summed E-state index contributed by atoms with van der Waals surface area (Å²) < 4.78 is 26.4. The highest BCUT2D eigenvalue weighted by Crippen LogP contribution is 2.13. The fourth-order valence-electron chi connectivity index (χ4n) is 3.09. The van der Waals surface area contributed by atoms with Crippen molar-refractivity contribution in [2.75, 3.05) is 37.6 Å². The molecule has 3 rings (SSSR count). The molecule has 0 radical (unpaired) electrons. The van der Waals surface area contributed by atoms with Gasteiger partial charge in [0, 0.05) is 51.4 Å². The quantitative estimate of drug-likeness (QED) is 0.771. The van der Waals surface area contributed by atoms with Crippen LogP contribution in [0.2, 0.25) is 0 Å². The molecule has 1 N–H and O–H groups in total. The van der Waals surface area contributed by atoms with E-state index in [0.717, 1.165) is 31.0 Å². The molecule has 0 unspecified atom stereocenters. The summed E-state index contributed by atoms with van der Waals surface area (Å²) in [7, 11) is 0. The largest absolute Gasteiger partial charge is 0.353 e. The van der Waals surface area contributed by atoms with Crippen molar-refractivity contribution in [1.82, 2.24) is 15.2 Å². The number of benzene rings is 1. The molecule has 1 aliphatic heterocycles. The zero-order valence-corrected chi connectivity index (χ0v) is 15.4. The molecule has 2 aromatic rings. The first kappa shape index (κ1) is 19.7. The second-order valence-electron chi connectivity index (χ2n) is 6.54. The van der Waals surface area contributed by atoms with Crippen LogP contribution in [0.1, 0.15) is 23.2 Å². The van der Waals surface area contributed by atoms with Crippen LogP contribution in [0.5, 0.6) is 0 Å². The maximum absolute atomic E-state index is 13.6. The Bertz CT molecular complexity index is 824. The summed E-state index contributed by atoms with van der Waals surface area (Å²) in [6, 6.07) is 8.56. The number of anilines is 1. The molecule has 1 fully saturated rings. The summed E-state index contributed by atoms with van der Waals surface area (Å²) in [4.78, 5) is 32.5. The third-order valence-corrected chi connectivity index (χ3v) is 4.63. The molecule has 6 nitrogen and oxygen atoms in total. The number of rotatable bonds is 6. The van der Waals surface area contributed by atoms with Crippen molar-refractivity contribution in [3.05, 3.63) is 59.8 Å². The number of hydrogen-bond acceptors (Lipinski definition) is 4. The summed E-state index contributed by atoms with van der Waals surface area (Å²) >= 11 is 0. The van der Waals surface area contributed by atoms with Crippen LogP contribution in [-0.4, -0.2) is 54.4 Å². The number of amides is 2. The van der Waals surface area contributed by atoms with Gasteiger partial charge in [-0.1, -0.05) is 6.07 Å². The molecule has 0 bridgehead atoms. The summed E-state index contributed by atoms with van der Waals surface area (Å²) in [5.41, 5.74) is -0.210. The third kappa shape index (κ3) is 5.03. The molecule has 0 aliphatic carbocycles. The number of aromatic nitrogens is 1. The van der Waals surface area contributed by atoms with E-state index >= 15 is 0 Å². The van der Waals surface area contributed by atoms with Crippen molar-refractivity contribution >= 4 is 17.6 Å². The van der Waals surface area contributed by atoms with Gasteiger partial charge in [0.1, 0.15) is 17.5 Å². The van der Waals surface area contributed by atoms with Gasteiger partial charge in [-0.25, -0.2) is 13.8 Å². The monoisotopic (exact) mass is 388 g/mol. The van der Waals surface area contributed by atoms with Gasteiger partial charge in [-0.05, 0) is 30.7 Å².